The third kappa shape index (κ3) is 2.72. The number of benzene rings is 2. The number of aliphatic hydroxyl groups is 1. The topological polar surface area (TPSA) is 70.8 Å². The van der Waals surface area contributed by atoms with Crippen molar-refractivity contribution < 1.29 is 18.7 Å². The summed E-state index contributed by atoms with van der Waals surface area (Å²) in [5, 5.41) is 9.62. The third-order valence-electron chi connectivity index (χ3n) is 5.17. The van der Waals surface area contributed by atoms with Crippen LogP contribution >= 0.6 is 0 Å². The van der Waals surface area contributed by atoms with Gasteiger partial charge < -0.3 is 14.4 Å². The van der Waals surface area contributed by atoms with Gasteiger partial charge in [-0.2, -0.15) is 0 Å². The molecule has 28 heavy (non-hydrogen) atoms. The highest BCUT2D eigenvalue weighted by molar-refractivity contribution is 5.99. The van der Waals surface area contributed by atoms with Gasteiger partial charge in [-0.25, -0.2) is 4.39 Å². The van der Waals surface area contributed by atoms with E-state index in [0.717, 1.165) is 11.1 Å². The predicted octanol–water partition coefficient (Wildman–Crippen LogP) is 3.48. The minimum atomic E-state index is -0.878. The number of halogens is 1. The van der Waals surface area contributed by atoms with Crippen molar-refractivity contribution in [3.8, 4) is 0 Å². The fourth-order valence-corrected chi connectivity index (χ4v) is 4.01. The Morgan fingerprint density at radius 1 is 1.18 bits per heavy atom. The number of hydrogen-bond acceptors (Lipinski definition) is 4. The van der Waals surface area contributed by atoms with Crippen LogP contribution in [0.5, 0.6) is 0 Å². The summed E-state index contributed by atoms with van der Waals surface area (Å²) < 4.78 is 20.5. The minimum absolute atomic E-state index is 0.0475. The highest BCUT2D eigenvalue weighted by atomic mass is 19.1. The molecule has 0 saturated carbocycles. The van der Waals surface area contributed by atoms with Crippen LogP contribution in [0.1, 0.15) is 45.3 Å². The average Bonchev–Trinajstić information content (AvgIpc) is 2.92. The number of fused-ring (bicyclic) bond motifs is 2. The van der Waals surface area contributed by atoms with Crippen molar-refractivity contribution in [2.75, 3.05) is 13.2 Å². The Kier molecular flexibility index (Phi) is 4.51. The summed E-state index contributed by atoms with van der Waals surface area (Å²) in [6, 6.07) is 8.83. The second-order valence-corrected chi connectivity index (χ2v) is 7.13. The molecule has 1 aliphatic rings. The van der Waals surface area contributed by atoms with E-state index in [1.807, 2.05) is 19.9 Å². The molecular weight excluding hydrogens is 361 g/mol. The molecule has 0 aliphatic carbocycles. The first-order chi connectivity index (χ1) is 13.4. The van der Waals surface area contributed by atoms with Crippen LogP contribution in [0.3, 0.4) is 0 Å². The Hall–Kier alpha value is -2.99. The predicted molar refractivity (Wildman–Crippen MR) is 103 cm³/mol. The first-order valence-corrected chi connectivity index (χ1v) is 9.18. The van der Waals surface area contributed by atoms with Crippen molar-refractivity contribution in [1.29, 1.82) is 0 Å². The maximum absolute atomic E-state index is 14.6. The summed E-state index contributed by atoms with van der Waals surface area (Å²) >= 11 is 0. The molecule has 0 spiro atoms. The first-order valence-electron chi connectivity index (χ1n) is 9.18. The minimum Gasteiger partial charge on any atom is -0.450 e. The van der Waals surface area contributed by atoms with Crippen LogP contribution in [0.4, 0.5) is 4.39 Å². The standard InChI is InChI=1S/C22H20FNO4/c1-12-10-13(2)17-16(11-12)28-21-18(20(17)26)19(14-6-3-4-7-15(14)23)24(22(21)27)8-5-9-25/h3-4,6-7,10-11,19,25H,5,8-9H2,1-2H3. The Labute approximate surface area is 161 Å². The van der Waals surface area contributed by atoms with Crippen LogP contribution in [0.2, 0.25) is 0 Å². The Morgan fingerprint density at radius 2 is 1.93 bits per heavy atom. The molecule has 1 N–H and O–H groups in total. The number of hydrogen-bond donors (Lipinski definition) is 1. The zero-order valence-electron chi connectivity index (χ0n) is 15.7. The van der Waals surface area contributed by atoms with Gasteiger partial charge in [0.15, 0.2) is 5.43 Å². The van der Waals surface area contributed by atoms with E-state index < -0.39 is 17.8 Å². The number of aryl methyl sites for hydroxylation is 2. The maximum atomic E-state index is 14.6. The molecule has 0 radical (unpaired) electrons. The molecular formula is C22H20FNO4. The zero-order valence-corrected chi connectivity index (χ0v) is 15.7. The molecule has 5 nitrogen and oxygen atoms in total. The van der Waals surface area contributed by atoms with Crippen LogP contribution in [0.15, 0.2) is 45.6 Å². The van der Waals surface area contributed by atoms with E-state index in [9.17, 15) is 19.1 Å². The quantitative estimate of drug-likeness (QED) is 0.751. The van der Waals surface area contributed by atoms with Crippen molar-refractivity contribution in [2.24, 2.45) is 0 Å². The largest absolute Gasteiger partial charge is 0.450 e. The molecule has 0 saturated heterocycles. The van der Waals surface area contributed by atoms with Crippen molar-refractivity contribution in [2.45, 2.75) is 26.3 Å². The number of aliphatic hydroxyl groups excluding tert-OH is 1. The highest BCUT2D eigenvalue weighted by Crippen LogP contribution is 2.39. The van der Waals surface area contributed by atoms with Crippen LogP contribution in [-0.4, -0.2) is 29.1 Å². The molecule has 0 bridgehead atoms. The molecule has 2 heterocycles. The molecule has 144 valence electrons. The van der Waals surface area contributed by atoms with E-state index in [1.165, 1.54) is 11.0 Å². The molecule has 6 heteroatoms. The van der Waals surface area contributed by atoms with E-state index in [4.69, 9.17) is 4.42 Å². The molecule has 1 aliphatic heterocycles. The summed E-state index contributed by atoms with van der Waals surface area (Å²) in [6.07, 6.45) is 0.316. The highest BCUT2D eigenvalue weighted by Gasteiger charge is 2.43. The monoisotopic (exact) mass is 381 g/mol. The van der Waals surface area contributed by atoms with Gasteiger partial charge in [0.1, 0.15) is 11.4 Å². The second kappa shape index (κ2) is 6.87. The van der Waals surface area contributed by atoms with Crippen molar-refractivity contribution in [3.63, 3.8) is 0 Å². The molecule has 1 unspecified atom stereocenters. The van der Waals surface area contributed by atoms with Crippen LogP contribution < -0.4 is 5.43 Å². The number of amides is 1. The van der Waals surface area contributed by atoms with Gasteiger partial charge in [-0.15, -0.1) is 0 Å². The third-order valence-corrected chi connectivity index (χ3v) is 5.17. The lowest BCUT2D eigenvalue weighted by atomic mass is 9.96. The molecule has 4 rings (SSSR count). The average molecular weight is 381 g/mol. The van der Waals surface area contributed by atoms with E-state index in [1.54, 1.807) is 24.3 Å². The summed E-state index contributed by atoms with van der Waals surface area (Å²) in [4.78, 5) is 27.9. The molecule has 1 amide bonds. The number of nitrogens with zero attached hydrogens (tertiary/aromatic N) is 1. The van der Waals surface area contributed by atoms with E-state index in [0.29, 0.717) is 17.4 Å². The normalized spacial score (nSPS) is 16.1. The van der Waals surface area contributed by atoms with Crippen molar-refractivity contribution >= 4 is 16.9 Å². The van der Waals surface area contributed by atoms with Crippen LogP contribution in [-0.2, 0) is 0 Å². The van der Waals surface area contributed by atoms with Gasteiger partial charge >= 0.3 is 0 Å². The SMILES string of the molecule is Cc1cc(C)c2c(=O)c3c(oc2c1)C(=O)N(CCCO)C3c1ccccc1F. The molecule has 1 atom stereocenters. The lowest BCUT2D eigenvalue weighted by Crippen LogP contribution is -2.31. The zero-order chi connectivity index (χ0) is 20.0. The number of rotatable bonds is 4. The Bertz CT molecular complexity index is 1150. The second-order valence-electron chi connectivity index (χ2n) is 7.13. The van der Waals surface area contributed by atoms with Crippen LogP contribution in [0.25, 0.3) is 11.0 Å². The fourth-order valence-electron chi connectivity index (χ4n) is 4.01. The lowest BCUT2D eigenvalue weighted by molar-refractivity contribution is 0.0714. The maximum Gasteiger partial charge on any atom is 0.290 e. The van der Waals surface area contributed by atoms with Crippen molar-refractivity contribution in [1.82, 2.24) is 4.90 Å². The number of carbonyl (C=O) groups excluding carboxylic acids is 1. The molecule has 3 aromatic rings. The van der Waals surface area contributed by atoms with Gasteiger partial charge in [0.25, 0.3) is 5.91 Å². The summed E-state index contributed by atoms with van der Waals surface area (Å²) in [7, 11) is 0. The summed E-state index contributed by atoms with van der Waals surface area (Å²) in [5.41, 5.74) is 2.10. The lowest BCUT2D eigenvalue weighted by Gasteiger charge is -2.25. The number of carbonyl (C=O) groups is 1. The molecule has 1 aromatic heterocycles. The van der Waals surface area contributed by atoms with Gasteiger partial charge in [-0.1, -0.05) is 24.3 Å². The smallest absolute Gasteiger partial charge is 0.290 e. The van der Waals surface area contributed by atoms with E-state index in [2.05, 4.69) is 0 Å². The van der Waals surface area contributed by atoms with Crippen molar-refractivity contribution in [3.05, 3.63) is 80.5 Å². The summed E-state index contributed by atoms with van der Waals surface area (Å²) in [6.45, 7) is 3.77. The van der Waals surface area contributed by atoms with Gasteiger partial charge in [0, 0.05) is 18.7 Å². The van der Waals surface area contributed by atoms with Gasteiger partial charge in [-0.05, 0) is 43.5 Å². The van der Waals surface area contributed by atoms with Gasteiger partial charge in [-0.3, -0.25) is 9.59 Å². The van der Waals surface area contributed by atoms with Gasteiger partial charge in [0.05, 0.1) is 17.0 Å². The molecule has 0 fully saturated rings. The van der Waals surface area contributed by atoms with Gasteiger partial charge in [0.2, 0.25) is 5.76 Å². The van der Waals surface area contributed by atoms with E-state index >= 15 is 0 Å². The first kappa shape index (κ1) is 18.4. The Morgan fingerprint density at radius 3 is 2.64 bits per heavy atom. The fraction of sp³-hybridized carbons (Fsp3) is 0.273. The van der Waals surface area contributed by atoms with E-state index in [-0.39, 0.29) is 35.5 Å². The van der Waals surface area contributed by atoms with Crippen LogP contribution in [0, 0.1) is 19.7 Å². The molecule has 2 aromatic carbocycles. The summed E-state index contributed by atoms with van der Waals surface area (Å²) in [5.74, 6) is -1.01. The Balaban J connectivity index is 2.03.